The van der Waals surface area contributed by atoms with Crippen LogP contribution in [-0.2, 0) is 0 Å². The van der Waals surface area contributed by atoms with Gasteiger partial charge in [0.2, 0.25) is 0 Å². The molecular weight excluding hydrogens is 326 g/mol. The summed E-state index contributed by atoms with van der Waals surface area (Å²) in [6.45, 7) is 2.79. The monoisotopic (exact) mass is 349 g/mol. The van der Waals surface area contributed by atoms with Gasteiger partial charge in [0.15, 0.2) is 0 Å². The highest BCUT2D eigenvalue weighted by atomic mass is 16.2. The fraction of sp³-hybridized carbons (Fsp3) is 0.350. The maximum atomic E-state index is 13.1. The van der Waals surface area contributed by atoms with E-state index in [0.29, 0.717) is 5.69 Å². The van der Waals surface area contributed by atoms with Crippen LogP contribution < -0.4 is 4.90 Å². The molecule has 134 valence electrons. The van der Waals surface area contributed by atoms with E-state index < -0.39 is 0 Å². The van der Waals surface area contributed by atoms with Crippen LogP contribution in [0.4, 0.5) is 5.82 Å². The Bertz CT molecular complexity index is 962. The van der Waals surface area contributed by atoms with Gasteiger partial charge in [-0.15, -0.1) is 0 Å². The Kier molecular flexibility index (Phi) is 4.11. The lowest BCUT2D eigenvalue weighted by molar-refractivity contribution is 0.0730. The molecule has 1 fully saturated rings. The second kappa shape index (κ2) is 6.44. The first-order valence-electron chi connectivity index (χ1n) is 8.92. The largest absolute Gasteiger partial charge is 0.363 e. The third kappa shape index (κ3) is 2.92. The number of fused-ring (bicyclic) bond motifs is 1. The van der Waals surface area contributed by atoms with Crippen molar-refractivity contribution in [1.82, 2.24) is 19.3 Å². The van der Waals surface area contributed by atoms with E-state index in [4.69, 9.17) is 0 Å². The van der Waals surface area contributed by atoms with Gasteiger partial charge in [0.1, 0.15) is 17.2 Å². The summed E-state index contributed by atoms with van der Waals surface area (Å²) in [5, 5.41) is 0. The summed E-state index contributed by atoms with van der Waals surface area (Å²) in [7, 11) is 3.95. The second-order valence-electron chi connectivity index (χ2n) is 7.10. The van der Waals surface area contributed by atoms with E-state index in [-0.39, 0.29) is 11.9 Å². The third-order valence-electron chi connectivity index (χ3n) is 4.94. The van der Waals surface area contributed by atoms with Crippen molar-refractivity contribution in [3.05, 3.63) is 59.7 Å². The topological polar surface area (TPSA) is 53.7 Å². The van der Waals surface area contributed by atoms with Crippen molar-refractivity contribution in [1.29, 1.82) is 0 Å². The number of likely N-dealkylation sites (tertiary alicyclic amines) is 1. The van der Waals surface area contributed by atoms with Crippen molar-refractivity contribution in [2.45, 2.75) is 25.8 Å². The molecule has 0 spiro atoms. The van der Waals surface area contributed by atoms with Crippen molar-refractivity contribution in [3.63, 3.8) is 0 Å². The zero-order chi connectivity index (χ0) is 18.3. The number of hydrogen-bond donors (Lipinski definition) is 0. The lowest BCUT2D eigenvalue weighted by atomic mass is 10.1. The number of imidazole rings is 1. The number of aromatic nitrogens is 3. The fourth-order valence-corrected chi connectivity index (χ4v) is 3.60. The highest BCUT2D eigenvalue weighted by molar-refractivity contribution is 5.93. The van der Waals surface area contributed by atoms with E-state index in [1.165, 1.54) is 0 Å². The quantitative estimate of drug-likeness (QED) is 0.729. The van der Waals surface area contributed by atoms with Crippen LogP contribution in [0, 0.1) is 6.92 Å². The predicted octanol–water partition coefficient (Wildman–Crippen LogP) is 3.08. The normalized spacial score (nSPS) is 17.0. The van der Waals surface area contributed by atoms with Gasteiger partial charge >= 0.3 is 0 Å². The fourth-order valence-electron chi connectivity index (χ4n) is 3.60. The first-order valence-corrected chi connectivity index (χ1v) is 8.92. The van der Waals surface area contributed by atoms with Crippen molar-refractivity contribution in [2.75, 3.05) is 25.5 Å². The van der Waals surface area contributed by atoms with Gasteiger partial charge in [-0.2, -0.15) is 0 Å². The van der Waals surface area contributed by atoms with Crippen LogP contribution in [0.3, 0.4) is 0 Å². The second-order valence-corrected chi connectivity index (χ2v) is 7.10. The zero-order valence-electron chi connectivity index (χ0n) is 15.4. The zero-order valence-corrected chi connectivity index (χ0v) is 15.4. The Labute approximate surface area is 153 Å². The maximum Gasteiger partial charge on any atom is 0.274 e. The highest BCUT2D eigenvalue weighted by Crippen LogP contribution is 2.34. The van der Waals surface area contributed by atoms with Crippen molar-refractivity contribution in [3.8, 4) is 0 Å². The SMILES string of the molecule is Cc1ccc2nc(C(=O)N3CCC[C@@H]3c3ccnc(N(C)C)c3)cn2c1. The summed E-state index contributed by atoms with van der Waals surface area (Å²) in [5.74, 6) is 0.905. The minimum atomic E-state index is -0.00271. The van der Waals surface area contributed by atoms with Gasteiger partial charge in [-0.3, -0.25) is 4.79 Å². The molecule has 6 heteroatoms. The van der Waals surface area contributed by atoms with Gasteiger partial charge in [0.25, 0.3) is 5.91 Å². The number of pyridine rings is 2. The molecule has 0 unspecified atom stereocenters. The van der Waals surface area contributed by atoms with Crippen LogP contribution in [0.25, 0.3) is 5.65 Å². The Morgan fingerprint density at radius 3 is 2.88 bits per heavy atom. The van der Waals surface area contributed by atoms with Crippen LogP contribution in [0.2, 0.25) is 0 Å². The first-order chi connectivity index (χ1) is 12.5. The van der Waals surface area contributed by atoms with E-state index in [2.05, 4.69) is 16.0 Å². The molecule has 0 aromatic carbocycles. The van der Waals surface area contributed by atoms with E-state index in [1.54, 1.807) is 0 Å². The number of hydrogen-bond acceptors (Lipinski definition) is 4. The Morgan fingerprint density at radius 1 is 1.23 bits per heavy atom. The minimum Gasteiger partial charge on any atom is -0.363 e. The third-order valence-corrected chi connectivity index (χ3v) is 4.94. The summed E-state index contributed by atoms with van der Waals surface area (Å²) in [6, 6.07) is 8.12. The molecule has 4 rings (SSSR count). The van der Waals surface area contributed by atoms with Gasteiger partial charge in [-0.25, -0.2) is 9.97 Å². The van der Waals surface area contributed by atoms with Gasteiger partial charge in [-0.05, 0) is 49.1 Å². The molecule has 0 saturated carbocycles. The number of nitrogens with zero attached hydrogens (tertiary/aromatic N) is 5. The van der Waals surface area contributed by atoms with Crippen molar-refractivity contribution in [2.24, 2.45) is 0 Å². The molecule has 1 aliphatic heterocycles. The molecule has 1 aliphatic rings. The number of carbonyl (C=O) groups is 1. The average molecular weight is 349 g/mol. The molecule has 26 heavy (non-hydrogen) atoms. The van der Waals surface area contributed by atoms with Gasteiger partial charge in [-0.1, -0.05) is 6.07 Å². The molecule has 6 nitrogen and oxygen atoms in total. The summed E-state index contributed by atoms with van der Waals surface area (Å²) < 4.78 is 1.92. The Balaban J connectivity index is 1.65. The van der Waals surface area contributed by atoms with Gasteiger partial charge in [0.05, 0.1) is 6.04 Å². The number of aryl methyl sites for hydroxylation is 1. The maximum absolute atomic E-state index is 13.1. The Morgan fingerprint density at radius 2 is 2.08 bits per heavy atom. The molecule has 1 atom stereocenters. The molecule has 0 N–H and O–H groups in total. The summed E-state index contributed by atoms with van der Waals surface area (Å²) in [6.07, 6.45) is 7.61. The van der Waals surface area contributed by atoms with Crippen LogP contribution in [-0.4, -0.2) is 45.8 Å². The first kappa shape index (κ1) is 16.6. The molecule has 4 heterocycles. The van der Waals surface area contributed by atoms with Gasteiger partial charge in [0, 0.05) is 39.2 Å². The van der Waals surface area contributed by atoms with Crippen LogP contribution in [0.15, 0.2) is 42.9 Å². The van der Waals surface area contributed by atoms with E-state index >= 15 is 0 Å². The molecule has 3 aromatic rings. The van der Waals surface area contributed by atoms with Crippen molar-refractivity contribution < 1.29 is 4.79 Å². The smallest absolute Gasteiger partial charge is 0.274 e. The standard InChI is InChI=1S/C20H23N5O/c1-14-6-7-18-22-16(13-24(18)12-14)20(26)25-10-4-5-17(25)15-8-9-21-19(11-15)23(2)3/h6-9,11-13,17H,4-5,10H2,1-3H3/t17-/m1/s1. The van der Waals surface area contributed by atoms with Gasteiger partial charge < -0.3 is 14.2 Å². The van der Waals surface area contributed by atoms with Crippen molar-refractivity contribution >= 4 is 17.4 Å². The summed E-state index contributed by atoms with van der Waals surface area (Å²) in [5.41, 5.74) is 3.58. The summed E-state index contributed by atoms with van der Waals surface area (Å²) >= 11 is 0. The van der Waals surface area contributed by atoms with Crippen LogP contribution in [0.1, 0.15) is 40.5 Å². The number of carbonyl (C=O) groups excluding carboxylic acids is 1. The van der Waals surface area contributed by atoms with E-state index in [9.17, 15) is 4.79 Å². The van der Waals surface area contributed by atoms with Crippen LogP contribution in [0.5, 0.6) is 0 Å². The molecule has 0 aliphatic carbocycles. The lowest BCUT2D eigenvalue weighted by Crippen LogP contribution is -2.31. The van der Waals surface area contributed by atoms with Crippen LogP contribution >= 0.6 is 0 Å². The molecule has 0 bridgehead atoms. The molecule has 1 amide bonds. The Hall–Kier alpha value is -2.89. The lowest BCUT2D eigenvalue weighted by Gasteiger charge is -2.25. The number of rotatable bonds is 3. The van der Waals surface area contributed by atoms with E-state index in [1.807, 2.05) is 72.0 Å². The van der Waals surface area contributed by atoms with E-state index in [0.717, 1.165) is 42.0 Å². The number of anilines is 1. The number of amides is 1. The highest BCUT2D eigenvalue weighted by Gasteiger charge is 2.32. The predicted molar refractivity (Wildman–Crippen MR) is 102 cm³/mol. The molecule has 1 saturated heterocycles. The minimum absolute atomic E-state index is 0.00271. The molecule has 0 radical (unpaired) electrons. The molecule has 3 aromatic heterocycles. The summed E-state index contributed by atoms with van der Waals surface area (Å²) in [4.78, 5) is 26.0. The molecular formula is C20H23N5O. The average Bonchev–Trinajstić information content (AvgIpc) is 3.27.